The first kappa shape index (κ1) is 15.0. The molecule has 0 aliphatic rings. The largest absolute Gasteiger partial charge is 0.496 e. The third kappa shape index (κ3) is 3.80. The number of nitrogens with zero attached hydrogens (tertiary/aromatic N) is 2. The van der Waals surface area contributed by atoms with Crippen molar-refractivity contribution in [1.29, 1.82) is 0 Å². The van der Waals surface area contributed by atoms with Crippen molar-refractivity contribution in [2.24, 2.45) is 0 Å². The first-order chi connectivity index (χ1) is 9.74. The first-order valence-electron chi connectivity index (χ1n) is 6.61. The van der Waals surface area contributed by atoms with Gasteiger partial charge in [-0.1, -0.05) is 6.92 Å². The van der Waals surface area contributed by atoms with Gasteiger partial charge in [-0.05, 0) is 47.1 Å². The van der Waals surface area contributed by atoms with Crippen molar-refractivity contribution in [3.05, 3.63) is 28.6 Å². The van der Waals surface area contributed by atoms with Gasteiger partial charge in [0.1, 0.15) is 5.75 Å². The van der Waals surface area contributed by atoms with Gasteiger partial charge >= 0.3 is 0 Å². The molecule has 0 saturated heterocycles. The lowest BCUT2D eigenvalue weighted by Gasteiger charge is -2.03. The first-order valence-corrected chi connectivity index (χ1v) is 7.41. The lowest BCUT2D eigenvalue weighted by molar-refractivity contribution is 0.412. The fourth-order valence-corrected chi connectivity index (χ4v) is 2.31. The Hall–Kier alpha value is -1.40. The molecule has 0 saturated carbocycles. The zero-order valence-electron chi connectivity index (χ0n) is 11.6. The van der Waals surface area contributed by atoms with Crippen LogP contribution in [0.1, 0.15) is 19.2 Å². The highest BCUT2D eigenvalue weighted by Crippen LogP contribution is 2.29. The minimum atomic E-state index is 0.527. The maximum Gasteiger partial charge on any atom is 0.247 e. The molecule has 5 nitrogen and oxygen atoms in total. The van der Waals surface area contributed by atoms with Crippen molar-refractivity contribution < 1.29 is 9.15 Å². The second-order valence-electron chi connectivity index (χ2n) is 4.35. The minimum absolute atomic E-state index is 0.527. The second-order valence-corrected chi connectivity index (χ2v) is 5.20. The maximum atomic E-state index is 5.65. The van der Waals surface area contributed by atoms with E-state index in [9.17, 15) is 0 Å². The van der Waals surface area contributed by atoms with E-state index < -0.39 is 0 Å². The lowest BCUT2D eigenvalue weighted by Crippen LogP contribution is -2.17. The van der Waals surface area contributed by atoms with Crippen LogP contribution in [0, 0.1) is 0 Å². The van der Waals surface area contributed by atoms with E-state index >= 15 is 0 Å². The molecule has 1 aromatic carbocycles. The van der Waals surface area contributed by atoms with Gasteiger partial charge < -0.3 is 14.5 Å². The molecule has 0 aliphatic carbocycles. The molecule has 2 rings (SSSR count). The standard InChI is InChI=1S/C14H18BrN3O2/c1-3-7-16-8-6-13-17-18-14(20-13)10-4-5-12(19-2)11(15)9-10/h4-5,9,16H,3,6-8H2,1-2H3. The van der Waals surface area contributed by atoms with Crippen LogP contribution in [0.3, 0.4) is 0 Å². The number of hydrogen-bond donors (Lipinski definition) is 1. The molecule has 0 aliphatic heterocycles. The summed E-state index contributed by atoms with van der Waals surface area (Å²) in [7, 11) is 1.63. The van der Waals surface area contributed by atoms with Crippen LogP contribution in [0.2, 0.25) is 0 Å². The van der Waals surface area contributed by atoms with Crippen LogP contribution < -0.4 is 10.1 Å². The highest BCUT2D eigenvalue weighted by Gasteiger charge is 2.10. The van der Waals surface area contributed by atoms with Gasteiger partial charge in [-0.15, -0.1) is 10.2 Å². The van der Waals surface area contributed by atoms with E-state index in [-0.39, 0.29) is 0 Å². The number of ether oxygens (including phenoxy) is 1. The minimum Gasteiger partial charge on any atom is -0.496 e. The van der Waals surface area contributed by atoms with E-state index in [0.717, 1.165) is 41.7 Å². The molecule has 6 heteroatoms. The van der Waals surface area contributed by atoms with Crippen molar-refractivity contribution in [3.8, 4) is 17.2 Å². The summed E-state index contributed by atoms with van der Waals surface area (Å²) >= 11 is 3.45. The molecular weight excluding hydrogens is 322 g/mol. The van der Waals surface area contributed by atoms with E-state index in [4.69, 9.17) is 9.15 Å². The fraction of sp³-hybridized carbons (Fsp3) is 0.429. The van der Waals surface area contributed by atoms with Crippen molar-refractivity contribution in [2.45, 2.75) is 19.8 Å². The maximum absolute atomic E-state index is 5.65. The summed E-state index contributed by atoms with van der Waals surface area (Å²) in [6.07, 6.45) is 1.86. The topological polar surface area (TPSA) is 60.2 Å². The van der Waals surface area contributed by atoms with Crippen LogP contribution in [0.4, 0.5) is 0 Å². The van der Waals surface area contributed by atoms with Crippen LogP contribution in [-0.4, -0.2) is 30.4 Å². The number of halogens is 1. The summed E-state index contributed by atoms with van der Waals surface area (Å²) in [5.41, 5.74) is 0.873. The normalized spacial score (nSPS) is 10.8. The molecule has 0 unspecified atom stereocenters. The average molecular weight is 340 g/mol. The van der Waals surface area contributed by atoms with Crippen LogP contribution >= 0.6 is 15.9 Å². The van der Waals surface area contributed by atoms with Gasteiger partial charge in [0, 0.05) is 18.5 Å². The molecular formula is C14H18BrN3O2. The number of hydrogen-bond acceptors (Lipinski definition) is 5. The molecule has 0 fully saturated rings. The van der Waals surface area contributed by atoms with Crippen LogP contribution in [-0.2, 0) is 6.42 Å². The molecule has 0 radical (unpaired) electrons. The van der Waals surface area contributed by atoms with Gasteiger partial charge in [-0.2, -0.15) is 0 Å². The van der Waals surface area contributed by atoms with E-state index in [1.807, 2.05) is 18.2 Å². The van der Waals surface area contributed by atoms with Crippen LogP contribution in [0.15, 0.2) is 27.1 Å². The Morgan fingerprint density at radius 2 is 2.15 bits per heavy atom. The van der Waals surface area contributed by atoms with Crippen molar-refractivity contribution >= 4 is 15.9 Å². The number of benzene rings is 1. The number of methoxy groups -OCH3 is 1. The van der Waals surface area contributed by atoms with Gasteiger partial charge in [0.05, 0.1) is 11.6 Å². The van der Waals surface area contributed by atoms with Crippen LogP contribution in [0.25, 0.3) is 11.5 Å². The average Bonchev–Trinajstić information content (AvgIpc) is 2.92. The SMILES string of the molecule is CCCNCCc1nnc(-c2ccc(OC)c(Br)c2)o1. The molecule has 108 valence electrons. The summed E-state index contributed by atoms with van der Waals surface area (Å²) in [5.74, 6) is 1.95. The smallest absolute Gasteiger partial charge is 0.247 e. The zero-order valence-corrected chi connectivity index (χ0v) is 13.2. The third-order valence-corrected chi connectivity index (χ3v) is 3.43. The summed E-state index contributed by atoms with van der Waals surface area (Å²) in [5, 5.41) is 11.4. The lowest BCUT2D eigenvalue weighted by atomic mass is 10.2. The number of rotatable bonds is 7. The predicted octanol–water partition coefficient (Wildman–Crippen LogP) is 3.05. The van der Waals surface area contributed by atoms with Crippen molar-refractivity contribution in [2.75, 3.05) is 20.2 Å². The molecule has 1 heterocycles. The van der Waals surface area contributed by atoms with E-state index in [0.29, 0.717) is 11.8 Å². The number of nitrogens with one attached hydrogen (secondary N) is 1. The van der Waals surface area contributed by atoms with E-state index in [2.05, 4.69) is 38.4 Å². The van der Waals surface area contributed by atoms with Gasteiger partial charge in [0.25, 0.3) is 0 Å². The molecule has 0 amide bonds. The predicted molar refractivity (Wildman–Crippen MR) is 80.9 cm³/mol. The zero-order chi connectivity index (χ0) is 14.4. The van der Waals surface area contributed by atoms with Gasteiger partial charge in [-0.25, -0.2) is 0 Å². The van der Waals surface area contributed by atoms with Crippen molar-refractivity contribution in [3.63, 3.8) is 0 Å². The quantitative estimate of drug-likeness (QED) is 0.785. The van der Waals surface area contributed by atoms with Gasteiger partial charge in [0.2, 0.25) is 11.8 Å². The fourth-order valence-electron chi connectivity index (χ4n) is 1.77. The summed E-state index contributed by atoms with van der Waals surface area (Å²) in [6, 6.07) is 5.67. The monoisotopic (exact) mass is 339 g/mol. The summed E-state index contributed by atoms with van der Waals surface area (Å²) in [6.45, 7) is 3.99. The number of aromatic nitrogens is 2. The Balaban J connectivity index is 2.03. The molecule has 0 atom stereocenters. The van der Waals surface area contributed by atoms with Gasteiger partial charge in [0.15, 0.2) is 0 Å². The third-order valence-electron chi connectivity index (χ3n) is 2.81. The molecule has 0 spiro atoms. The van der Waals surface area contributed by atoms with Gasteiger partial charge in [-0.3, -0.25) is 0 Å². The van der Waals surface area contributed by atoms with Crippen LogP contribution in [0.5, 0.6) is 5.75 Å². The Labute approximate surface area is 126 Å². The molecule has 1 N–H and O–H groups in total. The highest BCUT2D eigenvalue weighted by molar-refractivity contribution is 9.10. The Morgan fingerprint density at radius 3 is 2.85 bits per heavy atom. The summed E-state index contributed by atoms with van der Waals surface area (Å²) < 4.78 is 11.7. The Morgan fingerprint density at radius 1 is 1.30 bits per heavy atom. The molecule has 20 heavy (non-hydrogen) atoms. The van der Waals surface area contributed by atoms with Crippen molar-refractivity contribution in [1.82, 2.24) is 15.5 Å². The Kier molecular flexibility index (Phi) is 5.55. The highest BCUT2D eigenvalue weighted by atomic mass is 79.9. The summed E-state index contributed by atoms with van der Waals surface area (Å²) in [4.78, 5) is 0. The molecule has 1 aromatic heterocycles. The molecule has 0 bridgehead atoms. The van der Waals surface area contributed by atoms with E-state index in [1.54, 1.807) is 7.11 Å². The van der Waals surface area contributed by atoms with E-state index in [1.165, 1.54) is 0 Å². The Bertz CT molecular complexity index is 557. The molecule has 2 aromatic rings. The second kappa shape index (κ2) is 7.40.